The van der Waals surface area contributed by atoms with Crippen LogP contribution in [0.1, 0.15) is 24.3 Å². The van der Waals surface area contributed by atoms with Crippen LogP contribution in [0.5, 0.6) is 5.75 Å². The third-order valence-corrected chi connectivity index (χ3v) is 3.26. The predicted molar refractivity (Wildman–Crippen MR) is 63.9 cm³/mol. The van der Waals surface area contributed by atoms with Crippen molar-refractivity contribution in [3.8, 4) is 5.75 Å². The fraction of sp³-hybridized carbons (Fsp3) is 0.462. The van der Waals surface area contributed by atoms with Crippen LogP contribution in [-0.2, 0) is 9.53 Å². The first-order valence-electron chi connectivity index (χ1n) is 5.81. The molecule has 1 saturated heterocycles. The fourth-order valence-electron chi connectivity index (χ4n) is 2.23. The summed E-state index contributed by atoms with van der Waals surface area (Å²) < 4.78 is 4.71. The van der Waals surface area contributed by atoms with Crippen molar-refractivity contribution in [1.82, 2.24) is 5.32 Å². The molecule has 0 bridgehead atoms. The SMILES string of the molecule is COC(=O)[C@@H]1CC[C@H](c2ccc(O)cc2)CN1. The minimum Gasteiger partial charge on any atom is -0.508 e. The highest BCUT2D eigenvalue weighted by Gasteiger charge is 2.26. The second-order valence-corrected chi connectivity index (χ2v) is 4.35. The molecule has 0 amide bonds. The van der Waals surface area contributed by atoms with Gasteiger partial charge in [0.2, 0.25) is 0 Å². The second-order valence-electron chi connectivity index (χ2n) is 4.35. The van der Waals surface area contributed by atoms with E-state index in [0.717, 1.165) is 19.4 Å². The van der Waals surface area contributed by atoms with Crippen LogP contribution in [-0.4, -0.2) is 30.8 Å². The number of piperidine rings is 1. The number of methoxy groups -OCH3 is 1. The van der Waals surface area contributed by atoms with Crippen LogP contribution < -0.4 is 5.32 Å². The Balaban J connectivity index is 1.95. The molecule has 1 fully saturated rings. The molecule has 1 heterocycles. The molecule has 0 unspecified atom stereocenters. The lowest BCUT2D eigenvalue weighted by Crippen LogP contribution is -2.43. The number of hydrogen-bond acceptors (Lipinski definition) is 4. The van der Waals surface area contributed by atoms with E-state index in [1.54, 1.807) is 12.1 Å². The quantitative estimate of drug-likeness (QED) is 0.761. The van der Waals surface area contributed by atoms with E-state index in [9.17, 15) is 9.90 Å². The number of esters is 1. The molecule has 1 aliphatic rings. The zero-order valence-corrected chi connectivity index (χ0v) is 9.85. The summed E-state index contributed by atoms with van der Waals surface area (Å²) in [5, 5.41) is 12.4. The maximum Gasteiger partial charge on any atom is 0.322 e. The molecule has 2 N–H and O–H groups in total. The number of rotatable bonds is 2. The number of phenols is 1. The Bertz CT molecular complexity index is 380. The van der Waals surface area contributed by atoms with Crippen molar-refractivity contribution in [3.63, 3.8) is 0 Å². The third kappa shape index (κ3) is 2.77. The van der Waals surface area contributed by atoms with Crippen LogP contribution in [0.15, 0.2) is 24.3 Å². The van der Waals surface area contributed by atoms with Gasteiger partial charge in [-0.3, -0.25) is 4.79 Å². The van der Waals surface area contributed by atoms with Crippen molar-refractivity contribution in [3.05, 3.63) is 29.8 Å². The monoisotopic (exact) mass is 235 g/mol. The largest absolute Gasteiger partial charge is 0.508 e. The maximum absolute atomic E-state index is 11.3. The molecule has 1 aliphatic heterocycles. The summed E-state index contributed by atoms with van der Waals surface area (Å²) in [7, 11) is 1.41. The Labute approximate surface area is 101 Å². The van der Waals surface area contributed by atoms with E-state index in [-0.39, 0.29) is 17.8 Å². The molecule has 4 heteroatoms. The van der Waals surface area contributed by atoms with E-state index < -0.39 is 0 Å². The zero-order valence-electron chi connectivity index (χ0n) is 9.85. The Morgan fingerprint density at radius 1 is 1.35 bits per heavy atom. The average molecular weight is 235 g/mol. The summed E-state index contributed by atoms with van der Waals surface area (Å²) in [6.45, 7) is 0.768. The Hall–Kier alpha value is -1.55. The summed E-state index contributed by atoms with van der Waals surface area (Å²) in [5.41, 5.74) is 1.19. The fourth-order valence-corrected chi connectivity index (χ4v) is 2.23. The molecule has 17 heavy (non-hydrogen) atoms. The van der Waals surface area contributed by atoms with Crippen molar-refractivity contribution in [2.45, 2.75) is 24.8 Å². The molecule has 4 nitrogen and oxygen atoms in total. The van der Waals surface area contributed by atoms with E-state index in [4.69, 9.17) is 4.74 Å². The first-order chi connectivity index (χ1) is 8.20. The molecule has 92 valence electrons. The van der Waals surface area contributed by atoms with Gasteiger partial charge in [0, 0.05) is 6.54 Å². The highest BCUT2D eigenvalue weighted by Crippen LogP contribution is 2.26. The molecule has 0 saturated carbocycles. The maximum atomic E-state index is 11.3. The zero-order chi connectivity index (χ0) is 12.3. The smallest absolute Gasteiger partial charge is 0.322 e. The topological polar surface area (TPSA) is 58.6 Å². The van der Waals surface area contributed by atoms with Crippen molar-refractivity contribution in [1.29, 1.82) is 0 Å². The van der Waals surface area contributed by atoms with Crippen LogP contribution in [0.25, 0.3) is 0 Å². The Morgan fingerprint density at radius 2 is 2.06 bits per heavy atom. The van der Waals surface area contributed by atoms with Crippen molar-refractivity contribution < 1.29 is 14.6 Å². The van der Waals surface area contributed by atoms with Gasteiger partial charge in [0.15, 0.2) is 0 Å². The average Bonchev–Trinajstić information content (AvgIpc) is 2.39. The number of ether oxygens (including phenoxy) is 1. The summed E-state index contributed by atoms with van der Waals surface area (Å²) in [5.74, 6) is 0.496. The van der Waals surface area contributed by atoms with Gasteiger partial charge < -0.3 is 15.2 Å². The van der Waals surface area contributed by atoms with Gasteiger partial charge in [0.1, 0.15) is 11.8 Å². The Kier molecular flexibility index (Phi) is 3.64. The van der Waals surface area contributed by atoms with Gasteiger partial charge in [-0.25, -0.2) is 0 Å². The molecule has 0 spiro atoms. The summed E-state index contributed by atoms with van der Waals surface area (Å²) >= 11 is 0. The molecule has 1 aromatic rings. The van der Waals surface area contributed by atoms with E-state index in [1.165, 1.54) is 12.7 Å². The van der Waals surface area contributed by atoms with Crippen molar-refractivity contribution >= 4 is 5.97 Å². The van der Waals surface area contributed by atoms with E-state index >= 15 is 0 Å². The van der Waals surface area contributed by atoms with Crippen molar-refractivity contribution in [2.75, 3.05) is 13.7 Å². The highest BCUT2D eigenvalue weighted by atomic mass is 16.5. The number of benzene rings is 1. The van der Waals surface area contributed by atoms with Crippen LogP contribution >= 0.6 is 0 Å². The highest BCUT2D eigenvalue weighted by molar-refractivity contribution is 5.75. The molecule has 1 aromatic carbocycles. The minimum atomic E-state index is -0.186. The van der Waals surface area contributed by atoms with Gasteiger partial charge in [-0.05, 0) is 36.5 Å². The molecule has 0 aliphatic carbocycles. The number of aromatic hydroxyl groups is 1. The lowest BCUT2D eigenvalue weighted by molar-refractivity contribution is -0.143. The lowest BCUT2D eigenvalue weighted by Gasteiger charge is -2.28. The normalized spacial score (nSPS) is 24.3. The van der Waals surface area contributed by atoms with Crippen LogP contribution in [0.4, 0.5) is 0 Å². The van der Waals surface area contributed by atoms with Gasteiger partial charge in [0.05, 0.1) is 7.11 Å². The standard InChI is InChI=1S/C13H17NO3/c1-17-13(16)12-7-4-10(8-14-12)9-2-5-11(15)6-3-9/h2-3,5-6,10,12,14-15H,4,7-8H2,1H3/t10-,12-/m0/s1. The minimum absolute atomic E-state index is 0.173. The third-order valence-electron chi connectivity index (χ3n) is 3.26. The molecule has 0 radical (unpaired) electrons. The van der Waals surface area contributed by atoms with Crippen molar-refractivity contribution in [2.24, 2.45) is 0 Å². The van der Waals surface area contributed by atoms with E-state index in [1.807, 2.05) is 12.1 Å². The van der Waals surface area contributed by atoms with Gasteiger partial charge in [-0.15, -0.1) is 0 Å². The summed E-state index contributed by atoms with van der Waals surface area (Å²) in [6, 6.07) is 7.08. The Morgan fingerprint density at radius 3 is 2.59 bits per heavy atom. The van der Waals surface area contributed by atoms with Gasteiger partial charge in [-0.1, -0.05) is 12.1 Å². The number of carbonyl (C=O) groups is 1. The molecule has 2 atom stereocenters. The van der Waals surface area contributed by atoms with Gasteiger partial charge in [-0.2, -0.15) is 0 Å². The first kappa shape index (κ1) is 11.9. The molecule has 2 rings (SSSR count). The van der Waals surface area contributed by atoms with Crippen LogP contribution in [0.2, 0.25) is 0 Å². The number of phenolic OH excluding ortho intramolecular Hbond substituents is 1. The molecular formula is C13H17NO3. The number of nitrogens with one attached hydrogen (secondary N) is 1. The number of hydrogen-bond donors (Lipinski definition) is 2. The first-order valence-corrected chi connectivity index (χ1v) is 5.81. The molecule has 0 aromatic heterocycles. The molecular weight excluding hydrogens is 218 g/mol. The second kappa shape index (κ2) is 5.19. The predicted octanol–water partition coefficient (Wildman–Crippen LogP) is 1.40. The van der Waals surface area contributed by atoms with E-state index in [0.29, 0.717) is 5.92 Å². The summed E-state index contributed by atoms with van der Waals surface area (Å²) in [6.07, 6.45) is 1.75. The van der Waals surface area contributed by atoms with Crippen LogP contribution in [0.3, 0.4) is 0 Å². The summed E-state index contributed by atoms with van der Waals surface area (Å²) in [4.78, 5) is 11.3. The lowest BCUT2D eigenvalue weighted by atomic mass is 9.89. The van der Waals surface area contributed by atoms with Gasteiger partial charge in [0.25, 0.3) is 0 Å². The number of carbonyl (C=O) groups excluding carboxylic acids is 1. The van der Waals surface area contributed by atoms with Gasteiger partial charge >= 0.3 is 5.97 Å². The van der Waals surface area contributed by atoms with E-state index in [2.05, 4.69) is 5.32 Å². The van der Waals surface area contributed by atoms with Crippen LogP contribution in [0, 0.1) is 0 Å².